The maximum atomic E-state index is 13.7. The zero-order chi connectivity index (χ0) is 27.4. The maximum absolute atomic E-state index is 13.7. The van der Waals surface area contributed by atoms with Crippen molar-refractivity contribution in [2.24, 2.45) is 0 Å². The van der Waals surface area contributed by atoms with Gasteiger partial charge in [0, 0.05) is 6.20 Å². The molecule has 0 saturated carbocycles. The van der Waals surface area contributed by atoms with Gasteiger partial charge in [-0.05, 0) is 74.7 Å². The highest BCUT2D eigenvalue weighted by Gasteiger charge is 2.48. The predicted molar refractivity (Wildman–Crippen MR) is 151 cm³/mol. The van der Waals surface area contributed by atoms with Gasteiger partial charge in [0.05, 0.1) is 34.1 Å². The van der Waals surface area contributed by atoms with Gasteiger partial charge in [0.25, 0.3) is 5.78 Å². The molecule has 1 amide bonds. The summed E-state index contributed by atoms with van der Waals surface area (Å²) in [5.74, 6) is -1.21. The minimum Gasteiger partial charge on any atom is -0.505 e. The highest BCUT2D eigenvalue weighted by atomic mass is 32.1. The number of benzene rings is 2. The number of aliphatic hydroxyl groups excluding tert-OH is 1. The molecule has 0 aliphatic carbocycles. The summed E-state index contributed by atoms with van der Waals surface area (Å²) in [6.45, 7) is 8.10. The summed E-state index contributed by atoms with van der Waals surface area (Å²) in [7, 11) is 0. The summed E-state index contributed by atoms with van der Waals surface area (Å²) in [5, 5.41) is 12.1. The molecular formula is C30H26N4O4S. The highest BCUT2D eigenvalue weighted by molar-refractivity contribution is 7.22. The number of thiazole rings is 1. The summed E-state index contributed by atoms with van der Waals surface area (Å²) in [5.41, 5.74) is 4.99. The van der Waals surface area contributed by atoms with Gasteiger partial charge < -0.3 is 9.84 Å². The van der Waals surface area contributed by atoms with Crippen molar-refractivity contribution in [1.29, 1.82) is 0 Å². The fraction of sp³-hybridized carbons (Fsp3) is 0.200. The number of aliphatic hydroxyl groups is 1. The summed E-state index contributed by atoms with van der Waals surface area (Å²) < 4.78 is 8.37. The number of Topliss-reactive ketones (excluding diaryl/α,β-unsaturated/α-hetero) is 1. The van der Waals surface area contributed by atoms with E-state index < -0.39 is 17.7 Å². The van der Waals surface area contributed by atoms with E-state index in [1.54, 1.807) is 23.6 Å². The molecule has 9 heteroatoms. The molecule has 1 aliphatic heterocycles. The molecule has 5 aromatic rings. The average molecular weight is 539 g/mol. The third-order valence-electron chi connectivity index (χ3n) is 6.88. The van der Waals surface area contributed by atoms with E-state index in [4.69, 9.17) is 9.72 Å². The summed E-state index contributed by atoms with van der Waals surface area (Å²) in [6, 6.07) is 15.9. The van der Waals surface area contributed by atoms with Crippen molar-refractivity contribution in [1.82, 2.24) is 14.4 Å². The molecule has 4 heterocycles. The van der Waals surface area contributed by atoms with Crippen LogP contribution in [0, 0.1) is 20.8 Å². The number of hydrogen-bond donors (Lipinski definition) is 1. The van der Waals surface area contributed by atoms with Crippen molar-refractivity contribution in [3.8, 4) is 5.75 Å². The van der Waals surface area contributed by atoms with Gasteiger partial charge in [0.2, 0.25) is 0 Å². The smallest absolute Gasteiger partial charge is 0.301 e. The first-order valence-corrected chi connectivity index (χ1v) is 13.5. The Balaban J connectivity index is 1.62. The Bertz CT molecular complexity index is 1830. The quantitative estimate of drug-likeness (QED) is 0.170. The summed E-state index contributed by atoms with van der Waals surface area (Å²) in [6.07, 6.45) is 1.77. The minimum atomic E-state index is -0.916. The maximum Gasteiger partial charge on any atom is 0.301 e. The molecular weight excluding hydrogens is 512 g/mol. The standard InChI is InChI=1S/C30H26N4O4S/c1-5-38-20-10-8-9-19(15-20)26-23(27(35)25-18(4)31-22-11-6-7-12-33(22)25)28(36)29(37)34(26)30-32-24-17(3)13-16(2)14-21(24)39-30/h6-15,26,35H,5H2,1-4H3. The normalized spacial score (nSPS) is 17.0. The van der Waals surface area contributed by atoms with Crippen molar-refractivity contribution >= 4 is 49.8 Å². The van der Waals surface area contributed by atoms with Crippen LogP contribution in [0.1, 0.15) is 41.0 Å². The number of hydrogen-bond acceptors (Lipinski definition) is 7. The molecule has 3 aromatic heterocycles. The van der Waals surface area contributed by atoms with E-state index in [1.807, 2.05) is 69.3 Å². The topological polar surface area (TPSA) is 97.0 Å². The fourth-order valence-electron chi connectivity index (χ4n) is 5.27. The van der Waals surface area contributed by atoms with Crippen LogP contribution in [0.4, 0.5) is 5.13 Å². The van der Waals surface area contributed by atoms with Crippen molar-refractivity contribution in [3.63, 3.8) is 0 Å². The number of aromatic nitrogens is 3. The first kappa shape index (κ1) is 24.8. The highest BCUT2D eigenvalue weighted by Crippen LogP contribution is 2.45. The molecule has 0 radical (unpaired) electrons. The lowest BCUT2D eigenvalue weighted by Crippen LogP contribution is -2.29. The SMILES string of the molecule is CCOc1cccc(C2C(=C(O)c3c(C)nc4ccccn34)C(=O)C(=O)N2c2nc3c(C)cc(C)cc3s2)c1. The van der Waals surface area contributed by atoms with Crippen LogP contribution >= 0.6 is 11.3 Å². The average Bonchev–Trinajstić information content (AvgIpc) is 3.55. The molecule has 196 valence electrons. The third-order valence-corrected chi connectivity index (χ3v) is 7.88. The number of carbonyl (C=O) groups excluding carboxylic acids is 2. The number of nitrogens with zero attached hydrogens (tertiary/aromatic N) is 4. The van der Waals surface area contributed by atoms with E-state index in [1.165, 1.54) is 16.2 Å². The van der Waals surface area contributed by atoms with Gasteiger partial charge in [-0.3, -0.25) is 18.9 Å². The summed E-state index contributed by atoms with van der Waals surface area (Å²) >= 11 is 1.35. The third kappa shape index (κ3) is 3.97. The molecule has 1 unspecified atom stereocenters. The van der Waals surface area contributed by atoms with Gasteiger partial charge in [-0.2, -0.15) is 0 Å². The number of anilines is 1. The van der Waals surface area contributed by atoms with E-state index in [9.17, 15) is 14.7 Å². The molecule has 0 spiro atoms. The lowest BCUT2D eigenvalue weighted by atomic mass is 9.96. The molecule has 6 rings (SSSR count). The molecule has 1 saturated heterocycles. The van der Waals surface area contributed by atoms with E-state index in [2.05, 4.69) is 4.98 Å². The van der Waals surface area contributed by atoms with Gasteiger partial charge in [-0.25, -0.2) is 9.97 Å². The molecule has 1 fully saturated rings. The Morgan fingerprint density at radius 3 is 2.67 bits per heavy atom. The largest absolute Gasteiger partial charge is 0.505 e. The van der Waals surface area contributed by atoms with Crippen molar-refractivity contribution < 1.29 is 19.4 Å². The van der Waals surface area contributed by atoms with Gasteiger partial charge in [-0.15, -0.1) is 0 Å². The number of ketones is 1. The number of fused-ring (bicyclic) bond motifs is 2. The van der Waals surface area contributed by atoms with E-state index in [-0.39, 0.29) is 11.3 Å². The van der Waals surface area contributed by atoms with Crippen molar-refractivity contribution in [2.45, 2.75) is 33.7 Å². The van der Waals surface area contributed by atoms with Crippen molar-refractivity contribution in [3.05, 3.63) is 94.4 Å². The first-order chi connectivity index (χ1) is 18.8. The Hall–Kier alpha value is -4.50. The predicted octanol–water partition coefficient (Wildman–Crippen LogP) is 5.89. The fourth-order valence-corrected chi connectivity index (χ4v) is 6.44. The van der Waals surface area contributed by atoms with Gasteiger partial charge in [-0.1, -0.05) is 35.6 Å². The van der Waals surface area contributed by atoms with Crippen LogP contribution in [0.2, 0.25) is 0 Å². The summed E-state index contributed by atoms with van der Waals surface area (Å²) in [4.78, 5) is 38.2. The molecule has 2 aromatic carbocycles. The van der Waals surface area contributed by atoms with Crippen molar-refractivity contribution in [2.75, 3.05) is 11.5 Å². The Kier molecular flexibility index (Phi) is 5.95. The van der Waals surface area contributed by atoms with Gasteiger partial charge in [0.1, 0.15) is 17.1 Å². The number of aryl methyl sites for hydroxylation is 3. The van der Waals surface area contributed by atoms with Crippen LogP contribution in [-0.2, 0) is 9.59 Å². The Morgan fingerprint density at radius 1 is 1.05 bits per heavy atom. The second-order valence-corrected chi connectivity index (χ2v) is 10.6. The number of imidazole rings is 1. The van der Waals surface area contributed by atoms with Crippen LogP contribution in [0.15, 0.2) is 66.4 Å². The van der Waals surface area contributed by atoms with Gasteiger partial charge >= 0.3 is 5.91 Å². The van der Waals surface area contributed by atoms with Gasteiger partial charge in [0.15, 0.2) is 10.9 Å². The Morgan fingerprint density at radius 2 is 1.87 bits per heavy atom. The molecule has 1 aliphatic rings. The molecule has 1 N–H and O–H groups in total. The molecule has 39 heavy (non-hydrogen) atoms. The molecule has 1 atom stereocenters. The second kappa shape index (κ2) is 9.36. The van der Waals surface area contributed by atoms with E-state index >= 15 is 0 Å². The van der Waals surface area contributed by atoms with Crippen LogP contribution in [0.25, 0.3) is 21.6 Å². The Labute approximate surface area is 228 Å². The number of pyridine rings is 1. The number of carbonyl (C=O) groups is 2. The number of amides is 1. The monoisotopic (exact) mass is 538 g/mol. The van der Waals surface area contributed by atoms with Crippen LogP contribution in [-0.4, -0.2) is 37.8 Å². The number of rotatable bonds is 5. The van der Waals surface area contributed by atoms with Crippen LogP contribution in [0.5, 0.6) is 5.75 Å². The first-order valence-electron chi connectivity index (χ1n) is 12.6. The molecule has 0 bridgehead atoms. The number of ether oxygens (including phenoxy) is 1. The van der Waals surface area contributed by atoms with E-state index in [0.717, 1.165) is 21.3 Å². The van der Waals surface area contributed by atoms with Crippen LogP contribution < -0.4 is 9.64 Å². The van der Waals surface area contributed by atoms with Crippen LogP contribution in [0.3, 0.4) is 0 Å². The zero-order valence-electron chi connectivity index (χ0n) is 21.9. The lowest BCUT2D eigenvalue weighted by Gasteiger charge is -2.23. The zero-order valence-corrected chi connectivity index (χ0v) is 22.7. The lowest BCUT2D eigenvalue weighted by molar-refractivity contribution is -0.132. The minimum absolute atomic E-state index is 0.0189. The van der Waals surface area contributed by atoms with E-state index in [0.29, 0.717) is 40.1 Å². The second-order valence-electron chi connectivity index (χ2n) is 9.57. The molecule has 8 nitrogen and oxygen atoms in total.